The highest BCUT2D eigenvalue weighted by Crippen LogP contribution is 2.34. The zero-order valence-electron chi connectivity index (χ0n) is 15.1. The van der Waals surface area contributed by atoms with Crippen molar-refractivity contribution in [3.63, 3.8) is 0 Å². The number of nitrogens with two attached hydrogens (primary N) is 1. The van der Waals surface area contributed by atoms with E-state index < -0.39 is 11.9 Å². The number of esters is 1. The number of nitrogens with one attached hydrogen (secondary N) is 1. The van der Waals surface area contributed by atoms with E-state index in [4.69, 9.17) is 10.5 Å². The maximum atomic E-state index is 12.4. The Morgan fingerprint density at radius 3 is 2.68 bits per heavy atom. The van der Waals surface area contributed by atoms with Crippen molar-refractivity contribution in [3.8, 4) is 0 Å². The average molecular weight is 436 g/mol. The molecule has 7 nitrogen and oxygen atoms in total. The minimum atomic E-state index is -0.655. The molecule has 3 aromatic rings. The lowest BCUT2D eigenvalue weighted by Gasteiger charge is -2.06. The van der Waals surface area contributed by atoms with E-state index in [2.05, 4.69) is 10.3 Å². The van der Waals surface area contributed by atoms with Crippen LogP contribution in [0.1, 0.15) is 32.5 Å². The number of para-hydroxylation sites is 1. The number of anilines is 1. The van der Waals surface area contributed by atoms with Gasteiger partial charge in [0.15, 0.2) is 4.34 Å². The number of hydrogen-bond donors (Lipinski definition) is 2. The molecule has 0 aliphatic carbocycles. The number of ether oxygens (including phenoxy) is 1. The van der Waals surface area contributed by atoms with Crippen molar-refractivity contribution in [3.05, 3.63) is 40.3 Å². The Balaban J connectivity index is 1.74. The Morgan fingerprint density at radius 2 is 2.00 bits per heavy atom. The van der Waals surface area contributed by atoms with Crippen LogP contribution in [0.4, 0.5) is 5.00 Å². The summed E-state index contributed by atoms with van der Waals surface area (Å²) in [6.45, 7) is 3.47. The predicted molar refractivity (Wildman–Crippen MR) is 113 cm³/mol. The normalized spacial score (nSPS) is 10.8. The Bertz CT molecular complexity index is 1020. The van der Waals surface area contributed by atoms with Gasteiger partial charge in [0, 0.05) is 0 Å². The third-order valence-corrected chi connectivity index (χ3v) is 7.11. The molecule has 0 saturated carbocycles. The molecule has 0 fully saturated rings. The number of amides is 2. The summed E-state index contributed by atoms with van der Waals surface area (Å²) in [7, 11) is 0. The topological polar surface area (TPSA) is 111 Å². The van der Waals surface area contributed by atoms with Gasteiger partial charge in [-0.15, -0.1) is 22.7 Å². The lowest BCUT2D eigenvalue weighted by molar-refractivity contribution is -0.113. The summed E-state index contributed by atoms with van der Waals surface area (Å²) in [6, 6.07) is 7.74. The Kier molecular flexibility index (Phi) is 6.32. The van der Waals surface area contributed by atoms with E-state index in [0.717, 1.165) is 25.9 Å². The molecule has 1 aromatic carbocycles. The summed E-state index contributed by atoms with van der Waals surface area (Å²) >= 11 is 3.79. The zero-order chi connectivity index (χ0) is 20.3. The van der Waals surface area contributed by atoms with Gasteiger partial charge in [0.1, 0.15) is 5.00 Å². The number of primary amides is 1. The van der Waals surface area contributed by atoms with E-state index in [1.807, 2.05) is 24.3 Å². The summed E-state index contributed by atoms with van der Waals surface area (Å²) in [5.41, 5.74) is 6.83. The van der Waals surface area contributed by atoms with E-state index >= 15 is 0 Å². The Hall–Kier alpha value is -2.43. The molecule has 2 aromatic heterocycles. The van der Waals surface area contributed by atoms with Crippen molar-refractivity contribution in [2.24, 2.45) is 5.73 Å². The van der Waals surface area contributed by atoms with Gasteiger partial charge in [-0.1, -0.05) is 23.9 Å². The second kappa shape index (κ2) is 8.72. The highest BCUT2D eigenvalue weighted by Gasteiger charge is 2.25. The Labute approximate surface area is 173 Å². The van der Waals surface area contributed by atoms with Crippen molar-refractivity contribution >= 4 is 67.4 Å². The quantitative estimate of drug-likeness (QED) is 0.433. The average Bonchev–Trinajstić information content (AvgIpc) is 3.20. The first-order valence-electron chi connectivity index (χ1n) is 8.29. The lowest BCUT2D eigenvalue weighted by Crippen LogP contribution is -2.16. The van der Waals surface area contributed by atoms with Crippen LogP contribution < -0.4 is 11.1 Å². The van der Waals surface area contributed by atoms with E-state index in [1.54, 1.807) is 13.8 Å². The zero-order valence-corrected chi connectivity index (χ0v) is 17.6. The van der Waals surface area contributed by atoms with Gasteiger partial charge in [-0.2, -0.15) is 0 Å². The van der Waals surface area contributed by atoms with Crippen LogP contribution in [0.3, 0.4) is 0 Å². The third-order valence-electron chi connectivity index (χ3n) is 3.70. The molecular formula is C18H17N3O4S3. The first-order valence-corrected chi connectivity index (χ1v) is 10.9. The molecule has 2 amide bonds. The fourth-order valence-corrected chi connectivity index (χ4v) is 5.42. The molecule has 28 heavy (non-hydrogen) atoms. The fraction of sp³-hybridized carbons (Fsp3) is 0.222. The SMILES string of the molecule is CCOC(=O)c1c(NC(=O)CSc2nc3ccccc3s2)sc(C(N)=O)c1C. The molecule has 146 valence electrons. The van der Waals surface area contributed by atoms with Gasteiger partial charge in [0.05, 0.1) is 33.0 Å². The molecule has 3 N–H and O–H groups in total. The second-order valence-electron chi connectivity index (χ2n) is 5.63. The number of rotatable bonds is 7. The molecule has 0 aliphatic rings. The number of thioether (sulfide) groups is 1. The number of nitrogens with zero attached hydrogens (tertiary/aromatic N) is 1. The van der Waals surface area contributed by atoms with Crippen LogP contribution in [0.25, 0.3) is 10.2 Å². The lowest BCUT2D eigenvalue weighted by atomic mass is 10.1. The number of thiophene rings is 1. The third kappa shape index (κ3) is 4.34. The largest absolute Gasteiger partial charge is 0.462 e. The van der Waals surface area contributed by atoms with Gasteiger partial charge in [-0.05, 0) is 31.5 Å². The number of fused-ring (bicyclic) bond motifs is 1. The number of benzene rings is 1. The number of thiazole rings is 1. The molecule has 2 heterocycles. The summed E-state index contributed by atoms with van der Waals surface area (Å²) < 4.78 is 6.87. The van der Waals surface area contributed by atoms with Gasteiger partial charge in [0.2, 0.25) is 5.91 Å². The van der Waals surface area contributed by atoms with Gasteiger partial charge in [-0.3, -0.25) is 9.59 Å². The second-order valence-corrected chi connectivity index (χ2v) is 8.90. The van der Waals surface area contributed by atoms with Crippen molar-refractivity contribution < 1.29 is 19.1 Å². The van der Waals surface area contributed by atoms with Crippen LogP contribution in [0.5, 0.6) is 0 Å². The molecular weight excluding hydrogens is 418 g/mol. The number of hydrogen-bond acceptors (Lipinski definition) is 8. The monoisotopic (exact) mass is 435 g/mol. The predicted octanol–water partition coefficient (Wildman–Crippen LogP) is 3.67. The smallest absolute Gasteiger partial charge is 0.341 e. The first-order chi connectivity index (χ1) is 13.4. The maximum absolute atomic E-state index is 12.4. The molecule has 0 atom stereocenters. The van der Waals surface area contributed by atoms with Crippen molar-refractivity contribution in [1.82, 2.24) is 4.98 Å². The van der Waals surface area contributed by atoms with E-state index in [0.29, 0.717) is 5.56 Å². The van der Waals surface area contributed by atoms with Gasteiger partial charge in [-0.25, -0.2) is 9.78 Å². The highest BCUT2D eigenvalue weighted by atomic mass is 32.2. The standard InChI is InChI=1S/C18H17N3O4S3/c1-3-25-17(24)13-9(2)14(15(19)23)28-16(13)21-12(22)8-26-18-20-10-6-4-5-7-11(10)27-18/h4-7H,3,8H2,1-2H3,(H2,19,23)(H,21,22). The fourth-order valence-electron chi connectivity index (χ4n) is 2.49. The number of carbonyl (C=O) groups is 3. The molecule has 10 heteroatoms. The van der Waals surface area contributed by atoms with Gasteiger partial charge in [0.25, 0.3) is 5.91 Å². The van der Waals surface area contributed by atoms with E-state index in [1.165, 1.54) is 23.1 Å². The minimum Gasteiger partial charge on any atom is -0.462 e. The molecule has 0 bridgehead atoms. The number of aromatic nitrogens is 1. The first kappa shape index (κ1) is 20.3. The molecule has 3 rings (SSSR count). The van der Waals surface area contributed by atoms with Crippen LogP contribution in [0.2, 0.25) is 0 Å². The minimum absolute atomic E-state index is 0.116. The highest BCUT2D eigenvalue weighted by molar-refractivity contribution is 8.01. The Morgan fingerprint density at radius 1 is 1.25 bits per heavy atom. The summed E-state index contributed by atoms with van der Waals surface area (Å²) in [5.74, 6) is -1.45. The number of carbonyl (C=O) groups excluding carboxylic acids is 3. The van der Waals surface area contributed by atoms with E-state index in [-0.39, 0.29) is 33.7 Å². The summed E-state index contributed by atoms with van der Waals surface area (Å²) in [4.78, 5) is 41.0. The van der Waals surface area contributed by atoms with Crippen LogP contribution in [-0.4, -0.2) is 35.1 Å². The van der Waals surface area contributed by atoms with Crippen molar-refractivity contribution in [2.75, 3.05) is 17.7 Å². The molecule has 0 spiro atoms. The molecule has 0 saturated heterocycles. The maximum Gasteiger partial charge on any atom is 0.341 e. The summed E-state index contributed by atoms with van der Waals surface area (Å²) in [5, 5.41) is 2.96. The van der Waals surface area contributed by atoms with Gasteiger partial charge >= 0.3 is 5.97 Å². The van der Waals surface area contributed by atoms with Gasteiger partial charge < -0.3 is 15.8 Å². The molecule has 0 unspecified atom stereocenters. The van der Waals surface area contributed by atoms with Crippen molar-refractivity contribution in [2.45, 2.75) is 18.2 Å². The van der Waals surface area contributed by atoms with Crippen LogP contribution in [-0.2, 0) is 9.53 Å². The van der Waals surface area contributed by atoms with E-state index in [9.17, 15) is 14.4 Å². The summed E-state index contributed by atoms with van der Waals surface area (Å²) in [6.07, 6.45) is 0. The van der Waals surface area contributed by atoms with Crippen LogP contribution in [0.15, 0.2) is 28.6 Å². The van der Waals surface area contributed by atoms with Crippen LogP contribution >= 0.6 is 34.4 Å². The molecule has 0 radical (unpaired) electrons. The molecule has 0 aliphatic heterocycles. The van der Waals surface area contributed by atoms with Crippen molar-refractivity contribution in [1.29, 1.82) is 0 Å². The van der Waals surface area contributed by atoms with Crippen LogP contribution in [0, 0.1) is 6.92 Å².